The van der Waals surface area contributed by atoms with Gasteiger partial charge in [0.1, 0.15) is 11.2 Å². The van der Waals surface area contributed by atoms with E-state index in [4.69, 9.17) is 19.4 Å². The van der Waals surface area contributed by atoms with Crippen molar-refractivity contribution in [1.82, 2.24) is 15.0 Å². The average Bonchev–Trinajstić information content (AvgIpc) is 3.78. The number of para-hydroxylation sites is 1. The van der Waals surface area contributed by atoms with Crippen LogP contribution in [0.3, 0.4) is 0 Å². The van der Waals surface area contributed by atoms with E-state index in [2.05, 4.69) is 206 Å². The molecule has 0 bridgehead atoms. The van der Waals surface area contributed by atoms with Crippen molar-refractivity contribution in [3.63, 3.8) is 0 Å². The van der Waals surface area contributed by atoms with Crippen molar-refractivity contribution >= 4 is 65.0 Å². The van der Waals surface area contributed by atoms with Gasteiger partial charge in [0.25, 0.3) is 0 Å². The van der Waals surface area contributed by atoms with Crippen LogP contribution in [-0.2, 0) is 0 Å². The van der Waals surface area contributed by atoms with Crippen molar-refractivity contribution in [2.75, 3.05) is 0 Å². The summed E-state index contributed by atoms with van der Waals surface area (Å²) in [5, 5.41) is 11.7. The Morgan fingerprint density at radius 1 is 0.262 bits per heavy atom. The molecule has 0 spiro atoms. The summed E-state index contributed by atoms with van der Waals surface area (Å²) in [7, 11) is 0. The zero-order valence-corrected chi connectivity index (χ0v) is 35.1. The minimum atomic E-state index is 0.582. The van der Waals surface area contributed by atoms with Crippen molar-refractivity contribution in [3.05, 3.63) is 224 Å². The fourth-order valence-corrected chi connectivity index (χ4v) is 9.81. The summed E-state index contributed by atoms with van der Waals surface area (Å²) >= 11 is 0. The number of aromatic nitrogens is 3. The van der Waals surface area contributed by atoms with Crippen LogP contribution in [0.25, 0.3) is 133 Å². The molecule has 13 rings (SSSR count). The molecule has 0 fully saturated rings. The number of nitrogens with zero attached hydrogens (tertiary/aromatic N) is 3. The van der Waals surface area contributed by atoms with Crippen LogP contribution in [0, 0.1) is 0 Å². The molecule has 0 atom stereocenters. The van der Waals surface area contributed by atoms with E-state index in [0.717, 1.165) is 66.3 Å². The second kappa shape index (κ2) is 15.0. The quantitative estimate of drug-likeness (QED) is 0.157. The molecule has 0 N–H and O–H groups in total. The predicted octanol–water partition coefficient (Wildman–Crippen LogP) is 16.4. The highest BCUT2D eigenvalue weighted by atomic mass is 16.3. The second-order valence-corrected chi connectivity index (χ2v) is 16.7. The van der Waals surface area contributed by atoms with E-state index in [-0.39, 0.29) is 0 Å². The van der Waals surface area contributed by atoms with Crippen LogP contribution in [0.2, 0.25) is 0 Å². The van der Waals surface area contributed by atoms with Crippen LogP contribution in [0.5, 0.6) is 0 Å². The Kier molecular flexibility index (Phi) is 8.50. The van der Waals surface area contributed by atoms with E-state index < -0.39 is 0 Å². The van der Waals surface area contributed by atoms with Crippen LogP contribution in [0.1, 0.15) is 0 Å². The predicted molar refractivity (Wildman–Crippen MR) is 270 cm³/mol. The Labute approximate surface area is 374 Å². The molecule has 302 valence electrons. The minimum absolute atomic E-state index is 0.582. The third kappa shape index (κ3) is 6.18. The zero-order chi connectivity index (χ0) is 42.8. The van der Waals surface area contributed by atoms with Crippen LogP contribution < -0.4 is 0 Å². The molecule has 0 aliphatic heterocycles. The fourth-order valence-electron chi connectivity index (χ4n) is 9.81. The number of fused-ring (bicyclic) bond motifs is 10. The molecule has 13 aromatic rings. The average molecular weight is 828 g/mol. The number of hydrogen-bond donors (Lipinski definition) is 0. The lowest BCUT2D eigenvalue weighted by Gasteiger charge is -2.13. The minimum Gasteiger partial charge on any atom is -0.455 e. The molecule has 0 aliphatic carbocycles. The molecule has 0 saturated heterocycles. The van der Waals surface area contributed by atoms with E-state index >= 15 is 0 Å². The molecule has 0 unspecified atom stereocenters. The first-order valence-electron chi connectivity index (χ1n) is 22.0. The smallest absolute Gasteiger partial charge is 0.164 e. The van der Waals surface area contributed by atoms with Crippen LogP contribution >= 0.6 is 0 Å². The molecule has 0 saturated carbocycles. The molecule has 11 aromatic carbocycles. The first-order valence-corrected chi connectivity index (χ1v) is 22.0. The fraction of sp³-hybridized carbons (Fsp3) is 0. The molecular weight excluding hydrogens is 791 g/mol. The zero-order valence-electron chi connectivity index (χ0n) is 35.1. The monoisotopic (exact) mass is 827 g/mol. The van der Waals surface area contributed by atoms with Gasteiger partial charge in [0.2, 0.25) is 0 Å². The molecule has 0 radical (unpaired) electrons. The molecular formula is C61H37N3O. The first-order chi connectivity index (χ1) is 32.2. The van der Waals surface area contributed by atoms with Crippen molar-refractivity contribution in [1.29, 1.82) is 0 Å². The van der Waals surface area contributed by atoms with Gasteiger partial charge in [0, 0.05) is 33.0 Å². The number of furan rings is 1. The summed E-state index contributed by atoms with van der Waals surface area (Å²) in [6.07, 6.45) is 0. The number of benzene rings is 11. The molecule has 2 aromatic heterocycles. The second-order valence-electron chi connectivity index (χ2n) is 16.7. The van der Waals surface area contributed by atoms with Crippen molar-refractivity contribution in [3.8, 4) is 67.5 Å². The third-order valence-electron chi connectivity index (χ3n) is 12.9. The standard InChI is InChI=1S/C61H37N3O/c1-2-13-38(14-3-1)39-27-33-43(34-28-39)59-62-60(44-35-36-52-50-20-7-6-18-48(50)49-19-8-9-21-51(49)55(52)37-44)64-61(63-59)54-25-12-26-56-57(54)53-24-11-23-47(58(53)65-56)42-31-29-41(30-32-42)46-22-10-16-40-15-4-5-17-45(40)46/h1-37H. The highest BCUT2D eigenvalue weighted by molar-refractivity contribution is 6.25. The van der Waals surface area contributed by atoms with Crippen LogP contribution in [0.15, 0.2) is 229 Å². The van der Waals surface area contributed by atoms with Crippen LogP contribution in [0.4, 0.5) is 0 Å². The van der Waals surface area contributed by atoms with Gasteiger partial charge in [-0.25, -0.2) is 15.0 Å². The van der Waals surface area contributed by atoms with Gasteiger partial charge in [-0.3, -0.25) is 0 Å². The van der Waals surface area contributed by atoms with Gasteiger partial charge >= 0.3 is 0 Å². The number of hydrogen-bond acceptors (Lipinski definition) is 4. The van der Waals surface area contributed by atoms with E-state index in [1.54, 1.807) is 0 Å². The highest BCUT2D eigenvalue weighted by Gasteiger charge is 2.20. The molecule has 4 nitrogen and oxygen atoms in total. The first kappa shape index (κ1) is 36.9. The van der Waals surface area contributed by atoms with Gasteiger partial charge in [0.05, 0.1) is 0 Å². The van der Waals surface area contributed by atoms with Crippen molar-refractivity contribution in [2.45, 2.75) is 0 Å². The molecule has 0 amide bonds. The maximum atomic E-state index is 6.81. The summed E-state index contributed by atoms with van der Waals surface area (Å²) in [6, 6.07) is 79.3. The Hall–Kier alpha value is -8.73. The van der Waals surface area contributed by atoms with E-state index in [0.29, 0.717) is 17.5 Å². The summed E-state index contributed by atoms with van der Waals surface area (Å²) in [5.74, 6) is 1.79. The molecule has 2 heterocycles. The van der Waals surface area contributed by atoms with E-state index in [1.807, 2.05) is 18.2 Å². The van der Waals surface area contributed by atoms with Crippen molar-refractivity contribution in [2.24, 2.45) is 0 Å². The van der Waals surface area contributed by atoms with Gasteiger partial charge in [-0.1, -0.05) is 212 Å². The van der Waals surface area contributed by atoms with E-state index in [1.165, 1.54) is 48.8 Å². The molecule has 4 heteroatoms. The van der Waals surface area contributed by atoms with Gasteiger partial charge < -0.3 is 4.42 Å². The van der Waals surface area contributed by atoms with Gasteiger partial charge in [-0.05, 0) is 83.0 Å². The Morgan fingerprint density at radius 2 is 0.723 bits per heavy atom. The summed E-state index contributed by atoms with van der Waals surface area (Å²) < 4.78 is 6.81. The third-order valence-corrected chi connectivity index (χ3v) is 12.9. The Morgan fingerprint density at radius 3 is 1.46 bits per heavy atom. The van der Waals surface area contributed by atoms with E-state index in [9.17, 15) is 0 Å². The Bertz CT molecular complexity index is 3940. The maximum absolute atomic E-state index is 6.81. The summed E-state index contributed by atoms with van der Waals surface area (Å²) in [4.78, 5) is 15.8. The summed E-state index contributed by atoms with van der Waals surface area (Å²) in [6.45, 7) is 0. The van der Waals surface area contributed by atoms with Crippen molar-refractivity contribution < 1.29 is 4.42 Å². The topological polar surface area (TPSA) is 51.8 Å². The lowest BCUT2D eigenvalue weighted by atomic mass is 9.93. The molecule has 65 heavy (non-hydrogen) atoms. The highest BCUT2D eigenvalue weighted by Crippen LogP contribution is 2.42. The Balaban J connectivity index is 0.976. The lowest BCUT2D eigenvalue weighted by Crippen LogP contribution is -2.00. The summed E-state index contributed by atoms with van der Waals surface area (Å²) in [5.41, 5.74) is 11.1. The largest absolute Gasteiger partial charge is 0.455 e. The SMILES string of the molecule is c1ccc(-c2ccc(-c3nc(-c4ccc5c6ccccc6c6ccccc6c5c4)nc(-c4cccc5oc6c(-c7ccc(-c8cccc9ccccc89)cc7)cccc6c45)n3)cc2)cc1. The van der Waals surface area contributed by atoms with Gasteiger partial charge in [-0.15, -0.1) is 0 Å². The lowest BCUT2D eigenvalue weighted by molar-refractivity contribution is 0.670. The number of rotatable bonds is 6. The normalized spacial score (nSPS) is 11.7. The van der Waals surface area contributed by atoms with Gasteiger partial charge in [-0.2, -0.15) is 0 Å². The maximum Gasteiger partial charge on any atom is 0.164 e. The molecule has 0 aliphatic rings. The van der Waals surface area contributed by atoms with Gasteiger partial charge in [0.15, 0.2) is 17.5 Å². The van der Waals surface area contributed by atoms with Crippen LogP contribution in [-0.4, -0.2) is 15.0 Å².